The lowest BCUT2D eigenvalue weighted by atomic mass is 10.1. The molecule has 4 nitrogen and oxygen atoms in total. The molecule has 17 heavy (non-hydrogen) atoms. The summed E-state index contributed by atoms with van der Waals surface area (Å²) in [5, 5.41) is 20.8. The topological polar surface area (TPSA) is 69.6 Å². The minimum atomic E-state index is -0.911. The Morgan fingerprint density at radius 2 is 2.06 bits per heavy atom. The third kappa shape index (κ3) is 4.44. The summed E-state index contributed by atoms with van der Waals surface area (Å²) in [4.78, 5) is 11.0. The van der Waals surface area contributed by atoms with E-state index in [4.69, 9.17) is 10.2 Å². The maximum atomic E-state index is 11.0. The lowest BCUT2D eigenvalue weighted by Crippen LogP contribution is -2.08. The molecule has 3 N–H and O–H groups in total. The lowest BCUT2D eigenvalue weighted by molar-refractivity contribution is 0.0698. The fourth-order valence-corrected chi connectivity index (χ4v) is 1.63. The molecule has 0 radical (unpaired) electrons. The van der Waals surface area contributed by atoms with Crippen LogP contribution in [0, 0.1) is 6.92 Å². The molecule has 4 heteroatoms. The van der Waals surface area contributed by atoms with Crippen molar-refractivity contribution in [1.82, 2.24) is 0 Å². The number of benzene rings is 1. The third-order valence-corrected chi connectivity index (χ3v) is 2.56. The van der Waals surface area contributed by atoms with Gasteiger partial charge in [0.05, 0.1) is 5.56 Å². The van der Waals surface area contributed by atoms with Gasteiger partial charge in [-0.25, -0.2) is 4.79 Å². The van der Waals surface area contributed by atoms with E-state index in [1.54, 1.807) is 12.1 Å². The minimum Gasteiger partial charge on any atom is -0.478 e. The highest BCUT2D eigenvalue weighted by molar-refractivity contribution is 5.94. The van der Waals surface area contributed by atoms with Gasteiger partial charge in [0.2, 0.25) is 0 Å². The molecule has 0 aliphatic carbocycles. The van der Waals surface area contributed by atoms with Crippen LogP contribution in [0.15, 0.2) is 18.2 Å². The molecule has 0 amide bonds. The number of carbonyl (C=O) groups is 1. The van der Waals surface area contributed by atoms with E-state index in [0.29, 0.717) is 11.3 Å². The van der Waals surface area contributed by atoms with Crippen molar-refractivity contribution in [3.63, 3.8) is 0 Å². The summed E-state index contributed by atoms with van der Waals surface area (Å²) in [5.41, 5.74) is 1.91. The summed E-state index contributed by atoms with van der Waals surface area (Å²) in [6.45, 7) is 2.81. The fourth-order valence-electron chi connectivity index (χ4n) is 1.63. The second kappa shape index (κ2) is 6.91. The number of carboxylic acid groups (broad SMARTS) is 1. The van der Waals surface area contributed by atoms with E-state index in [2.05, 4.69) is 5.32 Å². The Bertz CT molecular complexity index is 377. The van der Waals surface area contributed by atoms with E-state index in [9.17, 15) is 4.79 Å². The number of carboxylic acids is 1. The van der Waals surface area contributed by atoms with Crippen LogP contribution in [0.25, 0.3) is 0 Å². The summed E-state index contributed by atoms with van der Waals surface area (Å²) in [6.07, 6.45) is 2.66. The quantitative estimate of drug-likeness (QED) is 0.636. The lowest BCUT2D eigenvalue weighted by Gasteiger charge is -2.10. The number of rotatable bonds is 7. The zero-order valence-corrected chi connectivity index (χ0v) is 10.1. The number of hydrogen-bond acceptors (Lipinski definition) is 3. The van der Waals surface area contributed by atoms with Crippen molar-refractivity contribution < 1.29 is 15.0 Å². The summed E-state index contributed by atoms with van der Waals surface area (Å²) in [5.74, 6) is -0.911. The van der Waals surface area contributed by atoms with Gasteiger partial charge < -0.3 is 15.5 Å². The van der Waals surface area contributed by atoms with Crippen molar-refractivity contribution in [2.45, 2.75) is 26.2 Å². The highest BCUT2D eigenvalue weighted by Gasteiger charge is 2.09. The molecule has 0 unspecified atom stereocenters. The molecule has 0 saturated heterocycles. The highest BCUT2D eigenvalue weighted by atomic mass is 16.4. The predicted octanol–water partition coefficient (Wildman–Crippen LogP) is 2.27. The van der Waals surface area contributed by atoms with Crippen LogP contribution in [0.1, 0.15) is 35.2 Å². The zero-order chi connectivity index (χ0) is 12.7. The number of hydrogen-bond donors (Lipinski definition) is 3. The van der Waals surface area contributed by atoms with E-state index < -0.39 is 5.97 Å². The van der Waals surface area contributed by atoms with Crippen molar-refractivity contribution in [1.29, 1.82) is 0 Å². The Hall–Kier alpha value is -1.55. The van der Waals surface area contributed by atoms with E-state index in [1.807, 2.05) is 13.0 Å². The minimum absolute atomic E-state index is 0.213. The molecule has 0 fully saturated rings. The molecule has 1 aromatic carbocycles. The van der Waals surface area contributed by atoms with Crippen molar-refractivity contribution in [3.8, 4) is 0 Å². The monoisotopic (exact) mass is 237 g/mol. The largest absolute Gasteiger partial charge is 0.478 e. The molecule has 0 aliphatic rings. The first kappa shape index (κ1) is 13.5. The average Bonchev–Trinajstić information content (AvgIpc) is 2.30. The Balaban J connectivity index is 2.55. The third-order valence-electron chi connectivity index (χ3n) is 2.56. The SMILES string of the molecule is Cc1ccc(NCCCCCO)c(C(=O)O)c1. The van der Waals surface area contributed by atoms with Crippen molar-refractivity contribution in [2.75, 3.05) is 18.5 Å². The van der Waals surface area contributed by atoms with Crippen LogP contribution < -0.4 is 5.32 Å². The summed E-state index contributed by atoms with van der Waals surface area (Å²) < 4.78 is 0. The van der Waals surface area contributed by atoms with E-state index >= 15 is 0 Å². The Kier molecular flexibility index (Phi) is 5.49. The zero-order valence-electron chi connectivity index (χ0n) is 10.1. The molecule has 1 aromatic rings. The molecule has 0 heterocycles. The molecule has 0 aliphatic heterocycles. The maximum Gasteiger partial charge on any atom is 0.337 e. The molecular formula is C13H19NO3. The Morgan fingerprint density at radius 1 is 1.29 bits per heavy atom. The predicted molar refractivity (Wildman–Crippen MR) is 67.6 cm³/mol. The average molecular weight is 237 g/mol. The molecule has 0 aromatic heterocycles. The molecule has 0 atom stereocenters. The Labute approximate surface area is 101 Å². The Morgan fingerprint density at radius 3 is 2.71 bits per heavy atom. The standard InChI is InChI=1S/C13H19NO3/c1-10-5-6-12(11(9-10)13(16)17)14-7-3-2-4-8-15/h5-6,9,14-15H,2-4,7-8H2,1H3,(H,16,17). The van der Waals surface area contributed by atoms with Crippen LogP contribution in [0.2, 0.25) is 0 Å². The van der Waals surface area contributed by atoms with Crippen LogP contribution >= 0.6 is 0 Å². The molecule has 1 rings (SSSR count). The van der Waals surface area contributed by atoms with Gasteiger partial charge >= 0.3 is 5.97 Å². The van der Waals surface area contributed by atoms with E-state index in [-0.39, 0.29) is 6.61 Å². The van der Waals surface area contributed by atoms with Crippen LogP contribution in [0.5, 0.6) is 0 Å². The first-order chi connectivity index (χ1) is 8.15. The van der Waals surface area contributed by atoms with Gasteiger partial charge in [-0.2, -0.15) is 0 Å². The van der Waals surface area contributed by atoms with Gasteiger partial charge in [0.15, 0.2) is 0 Å². The molecule has 0 saturated carbocycles. The molecular weight excluding hydrogens is 218 g/mol. The van der Waals surface area contributed by atoms with Gasteiger partial charge in [-0.15, -0.1) is 0 Å². The number of aryl methyl sites for hydroxylation is 1. The van der Waals surface area contributed by atoms with Crippen LogP contribution in [0.3, 0.4) is 0 Å². The van der Waals surface area contributed by atoms with Gasteiger partial charge in [0, 0.05) is 18.8 Å². The molecule has 0 bridgehead atoms. The summed E-state index contributed by atoms with van der Waals surface area (Å²) in [6, 6.07) is 5.35. The summed E-state index contributed by atoms with van der Waals surface area (Å²) in [7, 11) is 0. The van der Waals surface area contributed by atoms with Gasteiger partial charge in [0.1, 0.15) is 0 Å². The van der Waals surface area contributed by atoms with Gasteiger partial charge in [-0.3, -0.25) is 0 Å². The highest BCUT2D eigenvalue weighted by Crippen LogP contribution is 2.17. The number of anilines is 1. The second-order valence-corrected chi connectivity index (χ2v) is 4.07. The van der Waals surface area contributed by atoms with Crippen molar-refractivity contribution in [2.24, 2.45) is 0 Å². The number of nitrogens with one attached hydrogen (secondary N) is 1. The fraction of sp³-hybridized carbons (Fsp3) is 0.462. The van der Waals surface area contributed by atoms with Crippen molar-refractivity contribution >= 4 is 11.7 Å². The van der Waals surface area contributed by atoms with Gasteiger partial charge in [-0.05, 0) is 38.3 Å². The first-order valence-electron chi connectivity index (χ1n) is 5.84. The van der Waals surface area contributed by atoms with E-state index in [0.717, 1.165) is 31.4 Å². The first-order valence-corrected chi connectivity index (χ1v) is 5.84. The smallest absolute Gasteiger partial charge is 0.337 e. The van der Waals surface area contributed by atoms with Crippen LogP contribution in [-0.4, -0.2) is 29.3 Å². The van der Waals surface area contributed by atoms with Crippen LogP contribution in [0.4, 0.5) is 5.69 Å². The van der Waals surface area contributed by atoms with E-state index in [1.165, 1.54) is 0 Å². The normalized spacial score (nSPS) is 10.2. The number of aromatic carboxylic acids is 1. The molecule has 94 valence electrons. The maximum absolute atomic E-state index is 11.0. The van der Waals surface area contributed by atoms with Crippen LogP contribution in [-0.2, 0) is 0 Å². The number of unbranched alkanes of at least 4 members (excludes halogenated alkanes) is 2. The van der Waals surface area contributed by atoms with Crippen molar-refractivity contribution in [3.05, 3.63) is 29.3 Å². The summed E-state index contributed by atoms with van der Waals surface area (Å²) >= 11 is 0. The molecule has 0 spiro atoms. The van der Waals surface area contributed by atoms with Gasteiger partial charge in [0.25, 0.3) is 0 Å². The second-order valence-electron chi connectivity index (χ2n) is 4.07. The number of aliphatic hydroxyl groups excluding tert-OH is 1. The number of aliphatic hydroxyl groups is 1. The van der Waals surface area contributed by atoms with Gasteiger partial charge in [-0.1, -0.05) is 11.6 Å².